The first-order valence-electron chi connectivity index (χ1n) is 4.35. The molecule has 0 saturated heterocycles. The fourth-order valence-electron chi connectivity index (χ4n) is 0.955. The first-order valence-corrected chi connectivity index (χ1v) is 4.35. The van der Waals surface area contributed by atoms with Crippen LogP contribution in [-0.2, 0) is 4.79 Å². The molecule has 0 spiro atoms. The Bertz CT molecular complexity index is 422. The zero-order valence-electron chi connectivity index (χ0n) is 9.20. The molecule has 0 atom stereocenters. The third-order valence-corrected chi connectivity index (χ3v) is 2.13. The molecule has 0 unspecified atom stereocenters. The number of hydrogen-bond acceptors (Lipinski definition) is 1. The zero-order chi connectivity index (χ0) is 18.6. The molecule has 0 fully saturated rings. The van der Waals surface area contributed by atoms with Gasteiger partial charge in [-0.1, -0.05) is 0 Å². The lowest BCUT2D eigenvalue weighted by molar-refractivity contribution is -0.363. The van der Waals surface area contributed by atoms with E-state index >= 15 is 0 Å². The number of halogens is 14. The summed E-state index contributed by atoms with van der Waals surface area (Å²) < 4.78 is 169. The van der Waals surface area contributed by atoms with Crippen LogP contribution < -0.4 is 0 Å². The Kier molecular flexibility index (Phi) is 4.55. The van der Waals surface area contributed by atoms with Crippen LogP contribution in [0.15, 0.2) is 0 Å². The minimum absolute atomic E-state index is 5.33. The van der Waals surface area contributed by atoms with Gasteiger partial charge < -0.3 is 0 Å². The average Bonchev–Trinajstić information content (AvgIpc) is 2.21. The van der Waals surface area contributed by atoms with Gasteiger partial charge in [0.2, 0.25) is 0 Å². The molecule has 0 rings (SSSR count). The number of Topliss-reactive ketones (excluding diaryl/α,β-unsaturated/α-hetero) is 1. The van der Waals surface area contributed by atoms with Crippen molar-refractivity contribution in [1.29, 1.82) is 0 Å². The number of alkyl halides is 14. The first kappa shape index (κ1) is 20.7. The van der Waals surface area contributed by atoms with E-state index in [1.165, 1.54) is 0 Å². The van der Waals surface area contributed by atoms with E-state index in [1.54, 1.807) is 0 Å². The lowest BCUT2D eigenvalue weighted by Gasteiger charge is -2.34. The van der Waals surface area contributed by atoms with Crippen molar-refractivity contribution in [2.75, 3.05) is 0 Å². The molecule has 15 heteroatoms. The van der Waals surface area contributed by atoms with Crippen LogP contribution in [-0.4, -0.2) is 41.8 Å². The maximum absolute atomic E-state index is 12.8. The van der Waals surface area contributed by atoms with Crippen LogP contribution in [0.2, 0.25) is 0 Å². The van der Waals surface area contributed by atoms with Gasteiger partial charge >= 0.3 is 36.0 Å². The van der Waals surface area contributed by atoms with Gasteiger partial charge in [0.1, 0.15) is 0 Å². The lowest BCUT2D eigenvalue weighted by Crippen LogP contribution is -2.68. The Morgan fingerprint density at radius 2 is 0.773 bits per heavy atom. The van der Waals surface area contributed by atoms with Gasteiger partial charge in [0.05, 0.1) is 0 Å². The highest BCUT2D eigenvalue weighted by atomic mass is 19.4. The minimum Gasteiger partial charge on any atom is -0.288 e. The van der Waals surface area contributed by atoms with Crippen molar-refractivity contribution in [3.63, 3.8) is 0 Å². The van der Waals surface area contributed by atoms with Crippen molar-refractivity contribution < 1.29 is 66.3 Å². The maximum Gasteiger partial charge on any atom is 0.460 e. The lowest BCUT2D eigenvalue weighted by atomic mass is 9.90. The van der Waals surface area contributed by atoms with Crippen LogP contribution >= 0.6 is 0 Å². The molecule has 1 nitrogen and oxygen atoms in total. The Morgan fingerprint density at radius 1 is 0.500 bits per heavy atom. The first-order chi connectivity index (χ1) is 9.15. The van der Waals surface area contributed by atoms with Crippen LogP contribution in [0, 0.1) is 0 Å². The molecule has 0 aliphatic carbocycles. The van der Waals surface area contributed by atoms with Gasteiger partial charge in [-0.05, 0) is 0 Å². The summed E-state index contributed by atoms with van der Waals surface area (Å²) in [5.74, 6) is -20.7. The van der Waals surface area contributed by atoms with Crippen LogP contribution in [0.3, 0.4) is 0 Å². The van der Waals surface area contributed by atoms with Crippen molar-refractivity contribution in [2.45, 2.75) is 36.0 Å². The predicted molar refractivity (Wildman–Crippen MR) is 36.9 cm³/mol. The average molecular weight is 366 g/mol. The predicted octanol–water partition coefficient (Wildman–Crippen LogP) is 4.22. The summed E-state index contributed by atoms with van der Waals surface area (Å²) >= 11 is 0. The topological polar surface area (TPSA) is 17.1 Å². The van der Waals surface area contributed by atoms with Gasteiger partial charge in [0.15, 0.2) is 0 Å². The second kappa shape index (κ2) is 4.84. The Labute approximate surface area is 109 Å². The van der Waals surface area contributed by atoms with Gasteiger partial charge in [-0.15, -0.1) is 0 Å². The smallest absolute Gasteiger partial charge is 0.288 e. The fourth-order valence-corrected chi connectivity index (χ4v) is 0.955. The molecular formula is C7F14O. The maximum atomic E-state index is 12.8. The molecule has 0 aromatic heterocycles. The SMILES string of the molecule is O=C(C(F)(F)C(F)(F)C(F)(F)F)C(F)(C(F)(F)F)C(F)(F)F. The molecule has 0 amide bonds. The van der Waals surface area contributed by atoms with Crippen LogP contribution in [0.25, 0.3) is 0 Å². The van der Waals surface area contributed by atoms with E-state index in [2.05, 4.69) is 0 Å². The van der Waals surface area contributed by atoms with Gasteiger partial charge in [-0.25, -0.2) is 4.39 Å². The van der Waals surface area contributed by atoms with E-state index in [1.807, 2.05) is 0 Å². The molecule has 0 N–H and O–H groups in total. The van der Waals surface area contributed by atoms with Crippen molar-refractivity contribution in [3.05, 3.63) is 0 Å². The van der Waals surface area contributed by atoms with Gasteiger partial charge in [-0.2, -0.15) is 57.1 Å². The highest BCUT2D eigenvalue weighted by molar-refractivity contribution is 5.96. The van der Waals surface area contributed by atoms with Crippen molar-refractivity contribution >= 4 is 5.78 Å². The Morgan fingerprint density at radius 3 is 0.955 bits per heavy atom. The Hall–Kier alpha value is -1.31. The summed E-state index contributed by atoms with van der Waals surface area (Å²) in [6.07, 6.45) is -22.6. The van der Waals surface area contributed by atoms with Gasteiger partial charge in [-0.3, -0.25) is 4.79 Å². The van der Waals surface area contributed by atoms with Crippen LogP contribution in [0.1, 0.15) is 0 Å². The van der Waals surface area contributed by atoms with E-state index in [4.69, 9.17) is 0 Å². The summed E-state index contributed by atoms with van der Waals surface area (Å²) in [6, 6.07) is 0. The normalized spacial score (nSPS) is 15.9. The standard InChI is InChI=1S/C7F14O/c8-2(5(13,14)15,6(16,17)18)1(22)3(9,10)4(11,12)7(19,20)21. The number of carbonyl (C=O) groups is 1. The fraction of sp³-hybridized carbons (Fsp3) is 0.857. The molecule has 0 aliphatic rings. The number of ketones is 1. The van der Waals surface area contributed by atoms with E-state index < -0.39 is 41.8 Å². The molecule has 132 valence electrons. The van der Waals surface area contributed by atoms with Crippen molar-refractivity contribution in [2.24, 2.45) is 0 Å². The second-order valence-electron chi connectivity index (χ2n) is 3.63. The molecule has 0 heterocycles. The monoisotopic (exact) mass is 366 g/mol. The summed E-state index contributed by atoms with van der Waals surface area (Å²) in [5.41, 5.74) is -7.63. The van der Waals surface area contributed by atoms with Crippen molar-refractivity contribution in [1.82, 2.24) is 0 Å². The van der Waals surface area contributed by atoms with E-state index in [0.29, 0.717) is 0 Å². The third kappa shape index (κ3) is 2.68. The summed E-state index contributed by atoms with van der Waals surface area (Å²) in [4.78, 5) is 10.3. The molecule has 0 bridgehead atoms. The molecule has 0 saturated carbocycles. The third-order valence-electron chi connectivity index (χ3n) is 2.13. The number of hydrogen-bond donors (Lipinski definition) is 0. The van der Waals surface area contributed by atoms with E-state index in [9.17, 15) is 66.3 Å². The number of carbonyl (C=O) groups excluding carboxylic acids is 1. The van der Waals surface area contributed by atoms with Crippen LogP contribution in [0.4, 0.5) is 61.5 Å². The van der Waals surface area contributed by atoms with Crippen molar-refractivity contribution in [3.8, 4) is 0 Å². The molecule has 0 aromatic carbocycles. The molecule has 0 aliphatic heterocycles. The van der Waals surface area contributed by atoms with E-state index in [0.717, 1.165) is 0 Å². The zero-order valence-corrected chi connectivity index (χ0v) is 9.20. The molecule has 22 heavy (non-hydrogen) atoms. The second-order valence-corrected chi connectivity index (χ2v) is 3.63. The minimum atomic E-state index is -7.68. The molecule has 0 radical (unpaired) electrons. The summed E-state index contributed by atoms with van der Waals surface area (Å²) in [5, 5.41) is 0. The quantitative estimate of drug-likeness (QED) is 0.684. The number of rotatable bonds is 3. The van der Waals surface area contributed by atoms with Crippen LogP contribution in [0.5, 0.6) is 0 Å². The summed E-state index contributed by atoms with van der Waals surface area (Å²) in [6.45, 7) is 0. The van der Waals surface area contributed by atoms with Gasteiger partial charge in [0, 0.05) is 0 Å². The van der Waals surface area contributed by atoms with E-state index in [-0.39, 0.29) is 0 Å². The molecular weight excluding hydrogens is 366 g/mol. The summed E-state index contributed by atoms with van der Waals surface area (Å²) in [7, 11) is 0. The highest BCUT2D eigenvalue weighted by Crippen LogP contribution is 2.54. The highest BCUT2D eigenvalue weighted by Gasteiger charge is 2.87. The Balaban J connectivity index is 6.33. The largest absolute Gasteiger partial charge is 0.460 e. The molecule has 0 aromatic rings. The van der Waals surface area contributed by atoms with Gasteiger partial charge in [0.25, 0.3) is 5.78 Å².